The van der Waals surface area contributed by atoms with Crippen LogP contribution >= 0.6 is 0 Å². The molecule has 0 unspecified atom stereocenters. The Morgan fingerprint density at radius 2 is 2.19 bits per heavy atom. The number of nitrogens with two attached hydrogens (primary N) is 1. The van der Waals surface area contributed by atoms with E-state index in [-0.39, 0.29) is 0 Å². The van der Waals surface area contributed by atoms with Gasteiger partial charge in [-0.15, -0.1) is 0 Å². The van der Waals surface area contributed by atoms with Crippen LogP contribution in [0.5, 0.6) is 0 Å². The fourth-order valence-corrected chi connectivity index (χ4v) is 1.53. The lowest BCUT2D eigenvalue weighted by Crippen LogP contribution is -2.25. The molecule has 0 aliphatic heterocycles. The van der Waals surface area contributed by atoms with Crippen LogP contribution in [-0.2, 0) is 6.42 Å². The topological polar surface area (TPSA) is 96.7 Å². The summed E-state index contributed by atoms with van der Waals surface area (Å²) in [5, 5.41) is 18.8. The number of hydrogen-bond acceptors (Lipinski definition) is 5. The second-order valence-electron chi connectivity index (χ2n) is 3.77. The summed E-state index contributed by atoms with van der Waals surface area (Å²) in [5.41, 5.74) is 7.01. The van der Waals surface area contributed by atoms with E-state index in [1.54, 1.807) is 29.9 Å². The molecular formula is C10H14N4O2. The van der Waals surface area contributed by atoms with Gasteiger partial charge in [-0.05, 0) is 6.92 Å². The van der Waals surface area contributed by atoms with Crippen molar-refractivity contribution in [2.24, 2.45) is 0 Å². The van der Waals surface area contributed by atoms with Crippen molar-refractivity contribution in [2.45, 2.75) is 25.6 Å². The minimum atomic E-state index is -0.811. The van der Waals surface area contributed by atoms with E-state index in [0.717, 1.165) is 5.69 Å². The Hall–Kier alpha value is -1.66. The molecule has 2 aromatic heterocycles. The molecule has 2 aromatic rings. The van der Waals surface area contributed by atoms with E-state index in [4.69, 9.17) is 5.73 Å². The molecule has 0 saturated carbocycles. The van der Waals surface area contributed by atoms with Crippen LogP contribution in [0.25, 0.3) is 5.65 Å². The summed E-state index contributed by atoms with van der Waals surface area (Å²) >= 11 is 0. The first-order chi connectivity index (χ1) is 7.59. The van der Waals surface area contributed by atoms with Crippen LogP contribution in [0.1, 0.15) is 12.6 Å². The first kappa shape index (κ1) is 10.8. The Kier molecular flexibility index (Phi) is 2.76. The number of aliphatic hydroxyl groups is 2. The number of nitrogens with zero attached hydrogens (tertiary/aromatic N) is 3. The van der Waals surface area contributed by atoms with Crippen LogP contribution in [0, 0.1) is 0 Å². The van der Waals surface area contributed by atoms with E-state index >= 15 is 0 Å². The van der Waals surface area contributed by atoms with Crippen molar-refractivity contribution in [3.05, 3.63) is 24.3 Å². The van der Waals surface area contributed by atoms with Gasteiger partial charge in [0.1, 0.15) is 0 Å². The molecule has 2 rings (SSSR count). The van der Waals surface area contributed by atoms with Gasteiger partial charge in [0.25, 0.3) is 0 Å². The fraction of sp³-hybridized carbons (Fsp3) is 0.400. The van der Waals surface area contributed by atoms with Crippen molar-refractivity contribution in [3.63, 3.8) is 0 Å². The van der Waals surface area contributed by atoms with Crippen molar-refractivity contribution in [3.8, 4) is 0 Å². The second-order valence-corrected chi connectivity index (χ2v) is 3.77. The first-order valence-electron chi connectivity index (χ1n) is 5.02. The van der Waals surface area contributed by atoms with E-state index in [0.29, 0.717) is 17.9 Å². The quantitative estimate of drug-likeness (QED) is 0.656. The van der Waals surface area contributed by atoms with Gasteiger partial charge in [-0.2, -0.15) is 0 Å². The summed E-state index contributed by atoms with van der Waals surface area (Å²) in [6.07, 6.45) is 3.66. The highest BCUT2D eigenvalue weighted by Gasteiger charge is 2.15. The molecule has 0 saturated heterocycles. The second kappa shape index (κ2) is 4.07. The summed E-state index contributed by atoms with van der Waals surface area (Å²) in [4.78, 5) is 8.03. The average molecular weight is 222 g/mol. The van der Waals surface area contributed by atoms with Crippen LogP contribution in [0.3, 0.4) is 0 Å². The Morgan fingerprint density at radius 1 is 1.44 bits per heavy atom. The highest BCUT2D eigenvalue weighted by atomic mass is 16.3. The highest BCUT2D eigenvalue weighted by molar-refractivity contribution is 5.59. The van der Waals surface area contributed by atoms with Crippen LogP contribution < -0.4 is 5.73 Å². The molecule has 0 aliphatic carbocycles. The van der Waals surface area contributed by atoms with Gasteiger partial charge in [-0.25, -0.2) is 9.97 Å². The van der Waals surface area contributed by atoms with Crippen LogP contribution in [-0.4, -0.2) is 36.8 Å². The van der Waals surface area contributed by atoms with Crippen molar-refractivity contribution >= 4 is 11.5 Å². The third-order valence-corrected chi connectivity index (χ3v) is 2.51. The number of nitrogen functional groups attached to an aromatic ring is 1. The largest absolute Gasteiger partial charge is 0.391 e. The smallest absolute Gasteiger partial charge is 0.180 e. The van der Waals surface area contributed by atoms with Gasteiger partial charge >= 0.3 is 0 Å². The number of rotatable bonds is 3. The molecule has 0 aliphatic rings. The highest BCUT2D eigenvalue weighted by Crippen LogP contribution is 2.13. The standard InChI is InChI=1S/C10H14N4O2/c1-6(15)8(16)4-7-5-13-10-9(11)12-2-3-14(7)10/h2-3,5-6,8,15-16H,4H2,1H3,(H2,11,12)/t6-,8+/m1/s1. The molecule has 0 bridgehead atoms. The van der Waals surface area contributed by atoms with Gasteiger partial charge in [0.2, 0.25) is 0 Å². The van der Waals surface area contributed by atoms with Crippen LogP contribution in [0.4, 0.5) is 5.82 Å². The molecule has 2 atom stereocenters. The molecule has 0 spiro atoms. The minimum Gasteiger partial charge on any atom is -0.391 e. The first-order valence-corrected chi connectivity index (χ1v) is 5.02. The predicted octanol–water partition coefficient (Wildman–Crippen LogP) is -0.404. The van der Waals surface area contributed by atoms with E-state index < -0.39 is 12.2 Å². The summed E-state index contributed by atoms with van der Waals surface area (Å²) in [7, 11) is 0. The van der Waals surface area contributed by atoms with Crippen molar-refractivity contribution < 1.29 is 10.2 Å². The Balaban J connectivity index is 2.36. The third-order valence-electron chi connectivity index (χ3n) is 2.51. The minimum absolute atomic E-state index is 0.322. The number of aromatic nitrogens is 3. The SMILES string of the molecule is C[C@@H](O)[C@@H](O)Cc1cnc2c(N)nccn12. The Morgan fingerprint density at radius 3 is 2.88 bits per heavy atom. The molecule has 0 aromatic carbocycles. The number of hydrogen-bond donors (Lipinski definition) is 3. The number of fused-ring (bicyclic) bond motifs is 1. The maximum absolute atomic E-state index is 9.59. The van der Waals surface area contributed by atoms with E-state index in [1.165, 1.54) is 0 Å². The Bertz CT molecular complexity index is 495. The summed E-state index contributed by atoms with van der Waals surface area (Å²) in [6, 6.07) is 0. The lowest BCUT2D eigenvalue weighted by molar-refractivity contribution is 0.0313. The summed E-state index contributed by atoms with van der Waals surface area (Å²) in [6.45, 7) is 1.55. The molecule has 6 nitrogen and oxygen atoms in total. The van der Waals surface area contributed by atoms with Gasteiger partial charge in [0.05, 0.1) is 12.2 Å². The van der Waals surface area contributed by atoms with Gasteiger partial charge < -0.3 is 15.9 Å². The van der Waals surface area contributed by atoms with Gasteiger partial charge in [0, 0.05) is 30.7 Å². The lowest BCUT2D eigenvalue weighted by Gasteiger charge is -2.12. The molecular weight excluding hydrogens is 208 g/mol. The maximum atomic E-state index is 9.59. The third kappa shape index (κ3) is 1.84. The summed E-state index contributed by atoms with van der Waals surface area (Å²) < 4.78 is 1.76. The van der Waals surface area contributed by atoms with Crippen LogP contribution in [0.2, 0.25) is 0 Å². The van der Waals surface area contributed by atoms with Crippen LogP contribution in [0.15, 0.2) is 18.6 Å². The number of anilines is 1. The van der Waals surface area contributed by atoms with Crippen molar-refractivity contribution in [1.29, 1.82) is 0 Å². The molecule has 0 amide bonds. The Labute approximate surface area is 92.4 Å². The molecule has 0 fully saturated rings. The van der Waals surface area contributed by atoms with Gasteiger partial charge in [-0.1, -0.05) is 0 Å². The van der Waals surface area contributed by atoms with Gasteiger partial charge in [-0.3, -0.25) is 4.40 Å². The van der Waals surface area contributed by atoms with Crippen molar-refractivity contribution in [2.75, 3.05) is 5.73 Å². The van der Waals surface area contributed by atoms with E-state index in [2.05, 4.69) is 9.97 Å². The summed E-state index contributed by atoms with van der Waals surface area (Å²) in [5.74, 6) is 0.347. The molecule has 2 heterocycles. The number of imidazole rings is 1. The molecule has 0 radical (unpaired) electrons. The maximum Gasteiger partial charge on any atom is 0.180 e. The monoisotopic (exact) mass is 222 g/mol. The van der Waals surface area contributed by atoms with E-state index in [1.807, 2.05) is 0 Å². The normalized spacial score (nSPS) is 15.2. The zero-order valence-electron chi connectivity index (χ0n) is 8.91. The molecule has 86 valence electrons. The number of aliphatic hydroxyl groups excluding tert-OH is 2. The molecule has 4 N–H and O–H groups in total. The van der Waals surface area contributed by atoms with Crippen molar-refractivity contribution in [1.82, 2.24) is 14.4 Å². The van der Waals surface area contributed by atoms with E-state index in [9.17, 15) is 10.2 Å². The average Bonchev–Trinajstić information content (AvgIpc) is 2.63. The zero-order valence-corrected chi connectivity index (χ0v) is 8.91. The van der Waals surface area contributed by atoms with Gasteiger partial charge in [0.15, 0.2) is 11.5 Å². The molecule has 6 heteroatoms. The predicted molar refractivity (Wildman–Crippen MR) is 58.8 cm³/mol. The lowest BCUT2D eigenvalue weighted by atomic mass is 10.1. The zero-order chi connectivity index (χ0) is 11.7. The fourth-order valence-electron chi connectivity index (χ4n) is 1.53. The molecule has 16 heavy (non-hydrogen) atoms.